The Balaban J connectivity index is 2.22. The van der Waals surface area contributed by atoms with Gasteiger partial charge in [0.15, 0.2) is 0 Å². The van der Waals surface area contributed by atoms with Crippen LogP contribution in [0.25, 0.3) is 0 Å². The van der Waals surface area contributed by atoms with Crippen molar-refractivity contribution in [1.82, 2.24) is 5.32 Å². The van der Waals surface area contributed by atoms with Crippen LogP contribution < -0.4 is 5.32 Å². The number of amides is 1. The molecule has 2 unspecified atom stereocenters. The van der Waals surface area contributed by atoms with E-state index in [-0.39, 0.29) is 25.0 Å². The molecule has 1 amide bonds. The Labute approximate surface area is 118 Å². The molecule has 0 aliphatic rings. The summed E-state index contributed by atoms with van der Waals surface area (Å²) >= 11 is 1.57. The predicted octanol–water partition coefficient (Wildman–Crippen LogP) is 2.00. The first-order valence-electron chi connectivity index (χ1n) is 6.56. The average Bonchev–Trinajstić information content (AvgIpc) is 2.88. The molecule has 4 nitrogen and oxygen atoms in total. The van der Waals surface area contributed by atoms with Gasteiger partial charge in [-0.15, -0.1) is 0 Å². The number of hydrogen-bond donors (Lipinski definition) is 2. The summed E-state index contributed by atoms with van der Waals surface area (Å²) in [6.07, 6.45) is -0.655. The van der Waals surface area contributed by atoms with E-state index in [1.807, 2.05) is 23.8 Å². The van der Waals surface area contributed by atoms with Gasteiger partial charge in [-0.2, -0.15) is 11.3 Å². The van der Waals surface area contributed by atoms with Crippen LogP contribution in [0.5, 0.6) is 0 Å². The zero-order chi connectivity index (χ0) is 14.3. The number of carbonyl (C=O) groups excluding carboxylic acids is 1. The van der Waals surface area contributed by atoms with Crippen molar-refractivity contribution in [2.45, 2.75) is 32.8 Å². The fourth-order valence-electron chi connectivity index (χ4n) is 1.54. The van der Waals surface area contributed by atoms with Gasteiger partial charge in [-0.1, -0.05) is 13.8 Å². The summed E-state index contributed by atoms with van der Waals surface area (Å²) in [5, 5.41) is 16.3. The van der Waals surface area contributed by atoms with Crippen molar-refractivity contribution in [2.75, 3.05) is 19.8 Å². The SMILES string of the molecule is CC(C)COCC(O)CNC(=O)C(C)c1ccsc1. The van der Waals surface area contributed by atoms with E-state index >= 15 is 0 Å². The van der Waals surface area contributed by atoms with Crippen LogP contribution in [0.2, 0.25) is 0 Å². The minimum Gasteiger partial charge on any atom is -0.389 e. The first kappa shape index (κ1) is 16.1. The third kappa shape index (κ3) is 6.18. The minimum absolute atomic E-state index is 0.0682. The van der Waals surface area contributed by atoms with Crippen LogP contribution in [0.4, 0.5) is 0 Å². The second-order valence-electron chi connectivity index (χ2n) is 5.11. The second-order valence-corrected chi connectivity index (χ2v) is 5.89. The highest BCUT2D eigenvalue weighted by atomic mass is 32.1. The molecule has 1 aromatic heterocycles. The zero-order valence-electron chi connectivity index (χ0n) is 11.8. The van der Waals surface area contributed by atoms with Crippen LogP contribution in [-0.4, -0.2) is 36.9 Å². The fraction of sp³-hybridized carbons (Fsp3) is 0.643. The van der Waals surface area contributed by atoms with Gasteiger partial charge in [-0.25, -0.2) is 0 Å². The molecule has 1 heterocycles. The maximum Gasteiger partial charge on any atom is 0.227 e. The third-order valence-electron chi connectivity index (χ3n) is 2.71. The van der Waals surface area contributed by atoms with E-state index in [4.69, 9.17) is 4.74 Å². The molecule has 0 radical (unpaired) electrons. The smallest absolute Gasteiger partial charge is 0.227 e. The summed E-state index contributed by atoms with van der Waals surface area (Å²) < 4.78 is 5.32. The van der Waals surface area contributed by atoms with Gasteiger partial charge in [0.2, 0.25) is 5.91 Å². The number of nitrogens with one attached hydrogen (secondary N) is 1. The summed E-state index contributed by atoms with van der Waals surface area (Å²) in [7, 11) is 0. The van der Waals surface area contributed by atoms with Gasteiger partial charge in [0.1, 0.15) is 0 Å². The van der Waals surface area contributed by atoms with Crippen LogP contribution in [0, 0.1) is 5.92 Å². The summed E-state index contributed by atoms with van der Waals surface area (Å²) in [6, 6.07) is 1.94. The van der Waals surface area contributed by atoms with Gasteiger partial charge < -0.3 is 15.2 Å². The molecule has 0 aromatic carbocycles. The van der Waals surface area contributed by atoms with E-state index in [2.05, 4.69) is 19.2 Å². The lowest BCUT2D eigenvalue weighted by Gasteiger charge is -2.15. The molecule has 108 valence electrons. The molecular formula is C14H23NO3S. The molecule has 0 aliphatic carbocycles. The molecule has 0 aliphatic heterocycles. The lowest BCUT2D eigenvalue weighted by Crippen LogP contribution is -2.36. The van der Waals surface area contributed by atoms with E-state index in [0.29, 0.717) is 12.5 Å². The molecule has 0 fully saturated rings. The molecule has 1 rings (SSSR count). The van der Waals surface area contributed by atoms with E-state index in [1.54, 1.807) is 11.3 Å². The molecule has 5 heteroatoms. The van der Waals surface area contributed by atoms with Crippen molar-refractivity contribution in [2.24, 2.45) is 5.92 Å². The van der Waals surface area contributed by atoms with Crippen molar-refractivity contribution in [3.05, 3.63) is 22.4 Å². The normalized spacial score (nSPS) is 14.4. The largest absolute Gasteiger partial charge is 0.389 e. The average molecular weight is 285 g/mol. The number of hydrogen-bond acceptors (Lipinski definition) is 4. The second kappa shape index (κ2) is 8.30. The predicted molar refractivity (Wildman–Crippen MR) is 77.4 cm³/mol. The molecule has 0 bridgehead atoms. The van der Waals surface area contributed by atoms with Gasteiger partial charge in [0.25, 0.3) is 0 Å². The Bertz CT molecular complexity index is 365. The highest BCUT2D eigenvalue weighted by Gasteiger charge is 2.16. The van der Waals surface area contributed by atoms with E-state index in [9.17, 15) is 9.90 Å². The van der Waals surface area contributed by atoms with Crippen molar-refractivity contribution in [1.29, 1.82) is 0 Å². The summed E-state index contributed by atoms with van der Waals surface area (Å²) in [5.41, 5.74) is 1.01. The van der Waals surface area contributed by atoms with Gasteiger partial charge in [0, 0.05) is 13.2 Å². The highest BCUT2D eigenvalue weighted by Crippen LogP contribution is 2.17. The molecule has 2 atom stereocenters. The molecular weight excluding hydrogens is 262 g/mol. The number of carbonyl (C=O) groups is 1. The standard InChI is InChI=1S/C14H23NO3S/c1-10(2)7-18-8-13(16)6-15-14(17)11(3)12-4-5-19-9-12/h4-5,9-11,13,16H,6-8H2,1-3H3,(H,15,17). The molecule has 0 saturated heterocycles. The maximum absolute atomic E-state index is 11.9. The first-order chi connectivity index (χ1) is 9.00. The van der Waals surface area contributed by atoms with Crippen LogP contribution in [0.15, 0.2) is 16.8 Å². The summed E-state index contributed by atoms with van der Waals surface area (Å²) in [6.45, 7) is 7.07. The monoisotopic (exact) mass is 285 g/mol. The van der Waals surface area contributed by atoms with E-state index in [0.717, 1.165) is 5.56 Å². The topological polar surface area (TPSA) is 58.6 Å². The Morgan fingerprint density at radius 3 is 2.74 bits per heavy atom. The number of aliphatic hydroxyl groups is 1. The Morgan fingerprint density at radius 2 is 2.16 bits per heavy atom. The number of aliphatic hydroxyl groups excluding tert-OH is 1. The van der Waals surface area contributed by atoms with Crippen LogP contribution >= 0.6 is 11.3 Å². The lowest BCUT2D eigenvalue weighted by atomic mass is 10.0. The quantitative estimate of drug-likeness (QED) is 0.768. The third-order valence-corrected chi connectivity index (χ3v) is 3.41. The van der Waals surface area contributed by atoms with Crippen molar-refractivity contribution < 1.29 is 14.6 Å². The number of ether oxygens (including phenoxy) is 1. The van der Waals surface area contributed by atoms with Crippen LogP contribution in [-0.2, 0) is 9.53 Å². The Hall–Kier alpha value is -0.910. The molecule has 0 spiro atoms. The number of rotatable bonds is 8. The van der Waals surface area contributed by atoms with E-state index < -0.39 is 6.10 Å². The van der Waals surface area contributed by atoms with Crippen molar-refractivity contribution in [3.8, 4) is 0 Å². The Morgan fingerprint density at radius 1 is 1.42 bits per heavy atom. The van der Waals surface area contributed by atoms with Gasteiger partial charge in [-0.05, 0) is 35.2 Å². The molecule has 2 N–H and O–H groups in total. The summed E-state index contributed by atoms with van der Waals surface area (Å²) in [5.74, 6) is 0.191. The van der Waals surface area contributed by atoms with E-state index in [1.165, 1.54) is 0 Å². The van der Waals surface area contributed by atoms with Crippen molar-refractivity contribution >= 4 is 17.2 Å². The maximum atomic E-state index is 11.9. The fourth-order valence-corrected chi connectivity index (χ4v) is 2.30. The molecule has 19 heavy (non-hydrogen) atoms. The lowest BCUT2D eigenvalue weighted by molar-refractivity contribution is -0.122. The summed E-state index contributed by atoms with van der Waals surface area (Å²) in [4.78, 5) is 11.9. The molecule has 0 saturated carbocycles. The highest BCUT2D eigenvalue weighted by molar-refractivity contribution is 7.08. The van der Waals surface area contributed by atoms with Gasteiger partial charge in [0.05, 0.1) is 18.6 Å². The minimum atomic E-state index is -0.655. The first-order valence-corrected chi connectivity index (χ1v) is 7.50. The number of thiophene rings is 1. The Kier molecular flexibility index (Phi) is 7.05. The van der Waals surface area contributed by atoms with Gasteiger partial charge in [-0.3, -0.25) is 4.79 Å². The zero-order valence-corrected chi connectivity index (χ0v) is 12.6. The van der Waals surface area contributed by atoms with Gasteiger partial charge >= 0.3 is 0 Å². The van der Waals surface area contributed by atoms with Crippen molar-refractivity contribution in [3.63, 3.8) is 0 Å². The van der Waals surface area contributed by atoms with Crippen LogP contribution in [0.1, 0.15) is 32.3 Å². The van der Waals surface area contributed by atoms with Crippen LogP contribution in [0.3, 0.4) is 0 Å². The molecule has 1 aromatic rings.